The van der Waals surface area contributed by atoms with E-state index in [4.69, 9.17) is 28.4 Å². The zero-order valence-corrected chi connectivity index (χ0v) is 37.5. The molecule has 3 aliphatic heterocycles. The Kier molecular flexibility index (Phi) is 27.4. The molecular weight excluding hydrogens is 842 g/mol. The molecule has 0 saturated carbocycles. The first-order valence-corrected chi connectivity index (χ1v) is 23.2. The molecule has 372 valence electrons. The van der Waals surface area contributed by atoms with Crippen molar-refractivity contribution in [3.8, 4) is 0 Å². The van der Waals surface area contributed by atoms with E-state index in [9.17, 15) is 61.0 Å². The molecule has 17 atom stereocenters. The molecule has 3 aliphatic rings. The predicted molar refractivity (Wildman–Crippen MR) is 231 cm³/mol. The van der Waals surface area contributed by atoms with Gasteiger partial charge in [0.15, 0.2) is 18.9 Å². The lowest BCUT2D eigenvalue weighted by Gasteiger charge is -2.48. The van der Waals surface area contributed by atoms with E-state index in [2.05, 4.69) is 43.5 Å². The van der Waals surface area contributed by atoms with Gasteiger partial charge in [0.1, 0.15) is 73.2 Å². The monoisotopic (exact) mass is 922 g/mol. The zero-order valence-electron chi connectivity index (χ0n) is 37.5. The fraction of sp³-hybridized carbons (Fsp3) is 0.844. The number of aliphatic hydroxyl groups is 11. The summed E-state index contributed by atoms with van der Waals surface area (Å²) in [5.74, 6) is -0.305. The van der Waals surface area contributed by atoms with Crippen LogP contribution in [0.1, 0.15) is 110 Å². The van der Waals surface area contributed by atoms with Crippen LogP contribution in [0.4, 0.5) is 0 Å². The lowest BCUT2D eigenvalue weighted by molar-refractivity contribution is -0.379. The van der Waals surface area contributed by atoms with Gasteiger partial charge < -0.3 is 89.9 Å². The molecule has 19 nitrogen and oxygen atoms in total. The van der Waals surface area contributed by atoms with E-state index in [0.29, 0.717) is 12.8 Å². The smallest absolute Gasteiger partial charge is 0.220 e. The summed E-state index contributed by atoms with van der Waals surface area (Å²) in [5, 5.41) is 119. The summed E-state index contributed by atoms with van der Waals surface area (Å²) in [6.45, 7) is 1.48. The van der Waals surface area contributed by atoms with E-state index in [-0.39, 0.29) is 18.9 Å². The largest absolute Gasteiger partial charge is 0.394 e. The molecule has 0 spiro atoms. The number of carbonyl (C=O) groups is 1. The van der Waals surface area contributed by atoms with Crippen molar-refractivity contribution in [2.75, 3.05) is 26.4 Å². The van der Waals surface area contributed by atoms with Crippen LogP contribution < -0.4 is 5.32 Å². The molecular formula is C45H79NO18. The van der Waals surface area contributed by atoms with Crippen molar-refractivity contribution >= 4 is 5.91 Å². The molecule has 0 radical (unpaired) electrons. The van der Waals surface area contributed by atoms with Crippen molar-refractivity contribution in [2.24, 2.45) is 0 Å². The number of rotatable bonds is 30. The minimum Gasteiger partial charge on any atom is -0.394 e. The summed E-state index contributed by atoms with van der Waals surface area (Å²) in [4.78, 5) is 13.1. The Morgan fingerprint density at radius 2 is 1.03 bits per heavy atom. The second-order valence-corrected chi connectivity index (χ2v) is 16.8. The number of allylic oxidation sites excluding steroid dienone is 5. The SMILES string of the molecule is CCC/C=C/CC/C=C/C(O)C(COC1OC(CO)C(OC2OC(CO)C(OC3OC(CO)C(O)C(O)C3O)C(O)C2O)C(O)C1O)NC(=O)CCCCCCC/C=C\CCCCC. The van der Waals surface area contributed by atoms with Crippen molar-refractivity contribution in [1.29, 1.82) is 0 Å². The van der Waals surface area contributed by atoms with Crippen molar-refractivity contribution in [1.82, 2.24) is 5.32 Å². The van der Waals surface area contributed by atoms with Gasteiger partial charge in [0.2, 0.25) is 5.91 Å². The van der Waals surface area contributed by atoms with Crippen LogP contribution >= 0.6 is 0 Å². The molecule has 3 fully saturated rings. The molecule has 0 aromatic carbocycles. The second-order valence-electron chi connectivity index (χ2n) is 16.8. The minimum atomic E-state index is -1.98. The normalized spacial score (nSPS) is 34.8. The Morgan fingerprint density at radius 1 is 0.547 bits per heavy atom. The summed E-state index contributed by atoms with van der Waals surface area (Å²) in [6.07, 6.45) is -0.745. The van der Waals surface area contributed by atoms with Gasteiger partial charge in [0.05, 0.1) is 38.6 Å². The summed E-state index contributed by atoms with van der Waals surface area (Å²) >= 11 is 0. The van der Waals surface area contributed by atoms with Crippen LogP contribution in [0.25, 0.3) is 0 Å². The first-order valence-electron chi connectivity index (χ1n) is 23.2. The number of hydrogen-bond donors (Lipinski definition) is 12. The molecule has 1 amide bonds. The molecule has 0 aromatic heterocycles. The first kappa shape index (κ1) is 56.3. The molecule has 3 heterocycles. The highest BCUT2D eigenvalue weighted by molar-refractivity contribution is 5.76. The van der Waals surface area contributed by atoms with E-state index in [0.717, 1.165) is 57.8 Å². The average Bonchev–Trinajstić information content (AvgIpc) is 3.29. The van der Waals surface area contributed by atoms with E-state index < -0.39 is 124 Å². The molecule has 12 N–H and O–H groups in total. The Balaban J connectivity index is 1.59. The van der Waals surface area contributed by atoms with Gasteiger partial charge in [-0.1, -0.05) is 88.8 Å². The molecule has 64 heavy (non-hydrogen) atoms. The van der Waals surface area contributed by atoms with Gasteiger partial charge in [-0.05, 0) is 51.4 Å². The van der Waals surface area contributed by atoms with Crippen LogP contribution in [-0.4, -0.2) is 193 Å². The number of ether oxygens (including phenoxy) is 6. The lowest BCUT2D eigenvalue weighted by Crippen LogP contribution is -2.66. The van der Waals surface area contributed by atoms with E-state index in [1.165, 1.54) is 19.3 Å². The molecule has 0 aliphatic carbocycles. The van der Waals surface area contributed by atoms with Crippen LogP contribution in [0.2, 0.25) is 0 Å². The first-order chi connectivity index (χ1) is 30.8. The standard InChI is InChI=1S/C45H79NO18/c1-3-5-7-9-11-12-13-14-15-17-19-21-23-33(51)46-28(29(50)22-20-18-16-10-8-6-4-2)27-59-43-39(57)36(54)41(31(25-48)61-43)64-45-40(58)37(55)42(32(26-49)62-45)63-44-38(56)35(53)34(52)30(24-47)60-44/h8,10-12,20,22,28-32,34-45,47-50,52-58H,3-7,9,13-19,21,23-27H2,1-2H3,(H,46,51)/b10-8+,12-11-,22-20+. The third-order valence-corrected chi connectivity index (χ3v) is 11.6. The Morgan fingerprint density at radius 3 is 1.62 bits per heavy atom. The maximum absolute atomic E-state index is 13.1. The topological polar surface area (TPSA) is 307 Å². The quantitative estimate of drug-likeness (QED) is 0.0330. The third kappa shape index (κ3) is 17.9. The number of hydrogen-bond acceptors (Lipinski definition) is 18. The van der Waals surface area contributed by atoms with Crippen molar-refractivity contribution < 1.29 is 89.4 Å². The van der Waals surface area contributed by atoms with Crippen molar-refractivity contribution in [2.45, 2.75) is 214 Å². The Labute approximate surface area is 377 Å². The maximum atomic E-state index is 13.1. The number of carbonyl (C=O) groups excluding carboxylic acids is 1. The van der Waals surface area contributed by atoms with Gasteiger partial charge in [-0.3, -0.25) is 4.79 Å². The lowest BCUT2D eigenvalue weighted by atomic mass is 9.96. The van der Waals surface area contributed by atoms with Crippen LogP contribution in [0.5, 0.6) is 0 Å². The number of aliphatic hydroxyl groups excluding tert-OH is 11. The fourth-order valence-electron chi connectivity index (χ4n) is 7.67. The Bertz CT molecular complexity index is 1340. The molecule has 0 aromatic rings. The van der Waals surface area contributed by atoms with Crippen molar-refractivity contribution in [3.63, 3.8) is 0 Å². The summed E-state index contributed by atoms with van der Waals surface area (Å²) < 4.78 is 33.9. The molecule has 17 unspecified atom stereocenters. The molecule has 0 bridgehead atoms. The molecule has 19 heteroatoms. The second kappa shape index (κ2) is 31.1. The maximum Gasteiger partial charge on any atom is 0.220 e. The van der Waals surface area contributed by atoms with E-state index >= 15 is 0 Å². The van der Waals surface area contributed by atoms with Gasteiger partial charge in [-0.25, -0.2) is 0 Å². The van der Waals surface area contributed by atoms with Gasteiger partial charge in [0, 0.05) is 6.42 Å². The Hall–Kier alpha value is -1.99. The van der Waals surface area contributed by atoms with Gasteiger partial charge in [0.25, 0.3) is 0 Å². The molecule has 3 rings (SSSR count). The average molecular weight is 922 g/mol. The predicted octanol–water partition coefficient (Wildman–Crippen LogP) is -0.143. The van der Waals surface area contributed by atoms with Gasteiger partial charge in [-0.15, -0.1) is 0 Å². The highest BCUT2D eigenvalue weighted by Gasteiger charge is 2.53. The summed E-state index contributed by atoms with van der Waals surface area (Å²) in [6, 6.07) is -0.987. The number of unbranched alkanes of at least 4 members (excludes halogenated alkanes) is 10. The van der Waals surface area contributed by atoms with E-state index in [1.807, 2.05) is 0 Å². The van der Waals surface area contributed by atoms with Crippen LogP contribution in [0.3, 0.4) is 0 Å². The highest BCUT2D eigenvalue weighted by atomic mass is 16.8. The van der Waals surface area contributed by atoms with Crippen molar-refractivity contribution in [3.05, 3.63) is 36.5 Å². The van der Waals surface area contributed by atoms with Crippen LogP contribution in [0.15, 0.2) is 36.5 Å². The van der Waals surface area contributed by atoms with Crippen LogP contribution in [0, 0.1) is 0 Å². The van der Waals surface area contributed by atoms with E-state index in [1.54, 1.807) is 12.2 Å². The third-order valence-electron chi connectivity index (χ3n) is 11.6. The fourth-order valence-corrected chi connectivity index (χ4v) is 7.67. The summed E-state index contributed by atoms with van der Waals surface area (Å²) in [5.41, 5.74) is 0. The summed E-state index contributed by atoms with van der Waals surface area (Å²) in [7, 11) is 0. The number of nitrogens with one attached hydrogen (secondary N) is 1. The molecule has 3 saturated heterocycles. The number of amides is 1. The highest BCUT2D eigenvalue weighted by Crippen LogP contribution is 2.33. The minimum absolute atomic E-state index is 0.223. The van der Waals surface area contributed by atoms with Gasteiger partial charge >= 0.3 is 0 Å². The van der Waals surface area contributed by atoms with Gasteiger partial charge in [-0.2, -0.15) is 0 Å². The zero-order chi connectivity index (χ0) is 47.0. The van der Waals surface area contributed by atoms with Crippen LogP contribution in [-0.2, 0) is 33.2 Å².